The van der Waals surface area contributed by atoms with Crippen LogP contribution in [0.5, 0.6) is 0 Å². The van der Waals surface area contributed by atoms with Crippen LogP contribution in [0.15, 0.2) is 301 Å². The van der Waals surface area contributed by atoms with E-state index in [1.807, 2.05) is 0 Å². The summed E-state index contributed by atoms with van der Waals surface area (Å²) in [5, 5.41) is 14.9. The number of hydrogen-bond donors (Lipinski definition) is 0. The van der Waals surface area contributed by atoms with Gasteiger partial charge in [-0.3, -0.25) is 0 Å². The molecule has 0 amide bonds. The van der Waals surface area contributed by atoms with Crippen molar-refractivity contribution in [3.8, 4) is 0 Å². The van der Waals surface area contributed by atoms with E-state index < -0.39 is 0 Å². The maximum Gasteiger partial charge on any atom is 0.0619 e. The molecule has 2 heteroatoms. The van der Waals surface area contributed by atoms with Crippen molar-refractivity contribution < 1.29 is 0 Å². The van der Waals surface area contributed by atoms with Crippen molar-refractivity contribution in [1.29, 1.82) is 0 Å². The Labute approximate surface area is 662 Å². The van der Waals surface area contributed by atoms with Gasteiger partial charge in [-0.05, 0) is 276 Å². The third kappa shape index (κ3) is 14.3. The lowest BCUT2D eigenvalue weighted by atomic mass is 9.83. The molecule has 0 radical (unpaired) electrons. The van der Waals surface area contributed by atoms with E-state index in [0.717, 1.165) is 33.9 Å². The molecule has 4 saturated carbocycles. The van der Waals surface area contributed by atoms with Crippen molar-refractivity contribution in [3.05, 3.63) is 368 Å². The summed E-state index contributed by atoms with van der Waals surface area (Å²) in [4.78, 5) is 5.08. The van der Waals surface area contributed by atoms with Crippen molar-refractivity contribution in [2.45, 2.75) is 142 Å². The van der Waals surface area contributed by atoms with Gasteiger partial charge in [0.1, 0.15) is 0 Å². The highest BCUT2D eigenvalue weighted by Gasteiger charge is 2.29. The smallest absolute Gasteiger partial charge is 0.0619 e. The fourth-order valence-electron chi connectivity index (χ4n) is 19.1. The van der Waals surface area contributed by atoms with Crippen molar-refractivity contribution >= 4 is 146 Å². The maximum atomic E-state index is 2.54. The zero-order valence-corrected chi connectivity index (χ0v) is 65.1. The summed E-state index contributed by atoms with van der Waals surface area (Å²) in [6, 6.07) is 107. The second-order valence-corrected chi connectivity index (χ2v) is 32.6. The summed E-state index contributed by atoms with van der Waals surface area (Å²) >= 11 is 0. The van der Waals surface area contributed by atoms with E-state index in [9.17, 15) is 0 Å². The minimum absolute atomic E-state index is 1.10. The number of allylic oxidation sites excluding steroid dienone is 4. The standard InChI is InChI=1S/C110H98N2/c1-75-37-61-91(62-38-75)111(93-65-49-85(50-66-93)73-103(87-53-41-81(42-54-87)69-77-21-7-3-8-22-77)88-55-43-82(44-56-88)70-78-23-9-4-10-24-78)109-99-31-17-15-29-97(99)107-105-95(33-19-35-101(105)109)96-34-20-36-102-106(96)108(107)98-30-16-18-32-100(98)110(102)112(92-63-39-76(2)40-64-92)94-67-51-86(52-68-94)74-104(89-57-45-83(46-58-89)71-79-25-11-5-12-26-79)90-59-47-84(48-60-90)72-80-27-13-6-14-28-80/h15-20,29-74H,3-14,21-28H2,1-2H3. The molecule has 0 spiro atoms. The summed E-state index contributed by atoms with van der Waals surface area (Å²) in [7, 11) is 0. The van der Waals surface area contributed by atoms with Crippen LogP contribution in [0.3, 0.4) is 0 Å². The molecule has 19 rings (SSSR count). The predicted octanol–water partition coefficient (Wildman–Crippen LogP) is 32.2. The lowest BCUT2D eigenvalue weighted by Gasteiger charge is -2.31. The molecule has 112 heavy (non-hydrogen) atoms. The fraction of sp³-hybridized carbons (Fsp3) is 0.200. The molecule has 0 atom stereocenters. The molecule has 0 N–H and O–H groups in total. The molecule has 0 saturated heterocycles. The van der Waals surface area contributed by atoms with Crippen LogP contribution >= 0.6 is 0 Å². The molecule has 15 aromatic carbocycles. The quantitative estimate of drug-likeness (QED) is 0.0540. The number of rotatable bonds is 16. The number of aryl methyl sites for hydroxylation is 2. The molecule has 0 unspecified atom stereocenters. The van der Waals surface area contributed by atoms with E-state index in [-0.39, 0.29) is 0 Å². The minimum Gasteiger partial charge on any atom is -0.309 e. The second-order valence-electron chi connectivity index (χ2n) is 32.6. The maximum absolute atomic E-state index is 2.54. The van der Waals surface area contributed by atoms with Gasteiger partial charge in [0.05, 0.1) is 11.4 Å². The van der Waals surface area contributed by atoms with Gasteiger partial charge in [-0.2, -0.15) is 0 Å². The molecule has 4 fully saturated rings. The Balaban J connectivity index is 0.741. The first kappa shape index (κ1) is 70.5. The summed E-state index contributed by atoms with van der Waals surface area (Å²) < 4.78 is 0. The third-order valence-corrected chi connectivity index (χ3v) is 24.9. The number of benzene rings is 15. The van der Waals surface area contributed by atoms with Crippen LogP contribution in [0.2, 0.25) is 0 Å². The summed E-state index contributed by atoms with van der Waals surface area (Å²) in [6.45, 7) is 4.39. The summed E-state index contributed by atoms with van der Waals surface area (Å²) in [6.07, 6.45) is 40.1. The normalized spacial score (nSPS) is 14.8. The first-order valence-corrected chi connectivity index (χ1v) is 41.8. The molecule has 0 bridgehead atoms. The zero-order valence-electron chi connectivity index (χ0n) is 65.1. The van der Waals surface area contributed by atoms with E-state index in [1.165, 1.54) is 271 Å². The number of anilines is 6. The Morgan fingerprint density at radius 1 is 0.214 bits per heavy atom. The molecule has 4 aliphatic carbocycles. The van der Waals surface area contributed by atoms with E-state index in [0.29, 0.717) is 0 Å². The Morgan fingerprint density at radius 2 is 0.446 bits per heavy atom. The Morgan fingerprint density at radius 3 is 0.732 bits per heavy atom. The number of hydrogen-bond acceptors (Lipinski definition) is 2. The molecule has 0 aliphatic heterocycles. The van der Waals surface area contributed by atoms with Gasteiger partial charge in [0.15, 0.2) is 0 Å². The average Bonchev–Trinajstić information content (AvgIpc) is 0.682. The second kappa shape index (κ2) is 31.5. The van der Waals surface area contributed by atoms with Gasteiger partial charge >= 0.3 is 0 Å². The molecule has 15 aromatic rings. The average molecular weight is 1450 g/mol. The molecular weight excluding hydrogens is 1350 g/mol. The SMILES string of the molecule is Cc1ccc(N(c2ccc(C=C(c3ccc(C=C4CCCCC4)cc3)c3ccc(C=C4CCCCC4)cc3)cc2)c2c3ccccc3c3c4c2cccc4c2cccc4c(N(c5ccc(C)cc5)c5ccc(C=C(c6ccc(C=C7CCCCC7)cc6)c6ccc(C=C7CCCCC7)cc6)cc5)c5ccccc5c3c42)cc1. The topological polar surface area (TPSA) is 6.48 Å². The monoisotopic (exact) mass is 1450 g/mol. The summed E-state index contributed by atoms with van der Waals surface area (Å²) in [5.41, 5.74) is 30.4. The van der Waals surface area contributed by atoms with Gasteiger partial charge in [0.25, 0.3) is 0 Å². The Hall–Kier alpha value is -11.8. The molecule has 0 heterocycles. The van der Waals surface area contributed by atoms with Crippen molar-refractivity contribution in [2.24, 2.45) is 0 Å². The van der Waals surface area contributed by atoms with Crippen LogP contribution in [-0.2, 0) is 0 Å². The number of nitrogens with zero attached hydrogens (tertiary/aromatic N) is 2. The Kier molecular flexibility index (Phi) is 19.8. The third-order valence-electron chi connectivity index (χ3n) is 24.9. The lowest BCUT2D eigenvalue weighted by Crippen LogP contribution is -2.12. The van der Waals surface area contributed by atoms with Crippen LogP contribution in [0.25, 0.3) is 112 Å². The van der Waals surface area contributed by atoms with Gasteiger partial charge in [-0.1, -0.05) is 314 Å². The van der Waals surface area contributed by atoms with E-state index in [1.54, 1.807) is 22.3 Å². The first-order chi connectivity index (χ1) is 55.3. The van der Waals surface area contributed by atoms with Crippen molar-refractivity contribution in [1.82, 2.24) is 0 Å². The largest absolute Gasteiger partial charge is 0.309 e. The molecule has 2 nitrogen and oxygen atoms in total. The van der Waals surface area contributed by atoms with E-state index in [4.69, 9.17) is 0 Å². The lowest BCUT2D eigenvalue weighted by molar-refractivity contribution is 0.602. The Bertz CT molecular complexity index is 5620. The summed E-state index contributed by atoms with van der Waals surface area (Å²) in [5.74, 6) is 0. The predicted molar refractivity (Wildman–Crippen MR) is 485 cm³/mol. The van der Waals surface area contributed by atoms with Crippen LogP contribution in [0.1, 0.15) is 195 Å². The fourth-order valence-corrected chi connectivity index (χ4v) is 19.1. The number of fused-ring (bicyclic) bond motifs is 6. The highest BCUT2D eigenvalue weighted by molar-refractivity contribution is 6.46. The molecule has 548 valence electrons. The van der Waals surface area contributed by atoms with Crippen LogP contribution in [0.4, 0.5) is 34.1 Å². The van der Waals surface area contributed by atoms with E-state index in [2.05, 4.69) is 339 Å². The van der Waals surface area contributed by atoms with Crippen LogP contribution < -0.4 is 9.80 Å². The highest BCUT2D eigenvalue weighted by Crippen LogP contribution is 2.55. The molecule has 0 aromatic heterocycles. The van der Waals surface area contributed by atoms with Gasteiger partial charge in [-0.15, -0.1) is 0 Å². The minimum atomic E-state index is 1.10. The van der Waals surface area contributed by atoms with Gasteiger partial charge in [0, 0.05) is 55.1 Å². The van der Waals surface area contributed by atoms with Gasteiger partial charge < -0.3 is 9.80 Å². The van der Waals surface area contributed by atoms with Crippen LogP contribution in [-0.4, -0.2) is 0 Å². The van der Waals surface area contributed by atoms with Gasteiger partial charge in [-0.25, -0.2) is 0 Å². The molecular formula is C110H98N2. The van der Waals surface area contributed by atoms with E-state index >= 15 is 0 Å². The van der Waals surface area contributed by atoms with Gasteiger partial charge in [0.2, 0.25) is 0 Å². The van der Waals surface area contributed by atoms with Crippen molar-refractivity contribution in [2.75, 3.05) is 9.80 Å². The zero-order chi connectivity index (χ0) is 74.9. The first-order valence-electron chi connectivity index (χ1n) is 41.8. The van der Waals surface area contributed by atoms with Crippen LogP contribution in [0, 0.1) is 13.8 Å². The molecule has 4 aliphatic rings. The highest BCUT2D eigenvalue weighted by atomic mass is 15.2. The van der Waals surface area contributed by atoms with Crippen molar-refractivity contribution in [3.63, 3.8) is 0 Å².